The third-order valence-electron chi connectivity index (χ3n) is 2.95. The first kappa shape index (κ1) is 15.2. The maximum absolute atomic E-state index is 13.2. The molecule has 0 saturated heterocycles. The molecule has 1 aromatic rings. The number of carbonyl (C=O) groups is 1. The van der Waals surface area contributed by atoms with Gasteiger partial charge in [0.1, 0.15) is 5.82 Å². The van der Waals surface area contributed by atoms with Crippen molar-refractivity contribution in [3.8, 4) is 0 Å². The Morgan fingerprint density at radius 2 is 2.11 bits per heavy atom. The smallest absolute Gasteiger partial charge is 0.227 e. The Hall–Kier alpha value is -0.900. The summed E-state index contributed by atoms with van der Waals surface area (Å²) in [6.45, 7) is 6.02. The van der Waals surface area contributed by atoms with Crippen molar-refractivity contribution in [2.24, 2.45) is 0 Å². The van der Waals surface area contributed by atoms with Crippen molar-refractivity contribution in [1.29, 1.82) is 0 Å². The van der Waals surface area contributed by atoms with Crippen LogP contribution in [0.4, 0.5) is 10.1 Å². The van der Waals surface area contributed by atoms with Crippen molar-refractivity contribution >= 4 is 27.5 Å². The summed E-state index contributed by atoms with van der Waals surface area (Å²) in [6, 6.07) is 4.81. The SMILES string of the molecule is CCCC(=O)N(c1ccc(F)c(Br)c1)C(C)CC. The average Bonchev–Trinajstić information content (AvgIpc) is 2.34. The van der Waals surface area contributed by atoms with E-state index in [1.165, 1.54) is 6.07 Å². The Bertz CT molecular complexity index is 422. The predicted molar refractivity (Wildman–Crippen MR) is 76.2 cm³/mol. The number of carbonyl (C=O) groups excluding carboxylic acids is 1. The van der Waals surface area contributed by atoms with Crippen LogP contribution < -0.4 is 4.90 Å². The summed E-state index contributed by atoms with van der Waals surface area (Å²) in [5.41, 5.74) is 0.746. The molecule has 4 heteroatoms. The number of nitrogens with zero attached hydrogens (tertiary/aromatic N) is 1. The number of halogens is 2. The Morgan fingerprint density at radius 1 is 1.44 bits per heavy atom. The Kier molecular flexibility index (Phi) is 5.79. The van der Waals surface area contributed by atoms with Crippen LogP contribution in [0.25, 0.3) is 0 Å². The van der Waals surface area contributed by atoms with Crippen LogP contribution in [0.1, 0.15) is 40.0 Å². The van der Waals surface area contributed by atoms with Crippen LogP contribution in [0, 0.1) is 5.82 Å². The molecule has 0 saturated carbocycles. The lowest BCUT2D eigenvalue weighted by Crippen LogP contribution is -2.38. The van der Waals surface area contributed by atoms with Gasteiger partial charge in [0.25, 0.3) is 0 Å². The zero-order valence-corrected chi connectivity index (χ0v) is 12.6. The fourth-order valence-electron chi connectivity index (χ4n) is 1.80. The number of amides is 1. The first-order valence-corrected chi connectivity index (χ1v) is 7.07. The van der Waals surface area contributed by atoms with Crippen LogP contribution in [-0.4, -0.2) is 11.9 Å². The van der Waals surface area contributed by atoms with Gasteiger partial charge >= 0.3 is 0 Å². The van der Waals surface area contributed by atoms with Crippen LogP contribution in [0.15, 0.2) is 22.7 Å². The number of benzene rings is 1. The highest BCUT2D eigenvalue weighted by molar-refractivity contribution is 9.10. The number of anilines is 1. The molecular weight excluding hydrogens is 297 g/mol. The van der Waals surface area contributed by atoms with Gasteiger partial charge < -0.3 is 4.90 Å². The number of hydrogen-bond acceptors (Lipinski definition) is 1. The minimum Gasteiger partial charge on any atom is -0.310 e. The molecule has 0 N–H and O–H groups in total. The van der Waals surface area contributed by atoms with Gasteiger partial charge in [0, 0.05) is 18.2 Å². The molecule has 0 aromatic heterocycles. The highest BCUT2D eigenvalue weighted by Gasteiger charge is 2.20. The first-order valence-electron chi connectivity index (χ1n) is 6.28. The third kappa shape index (κ3) is 3.55. The van der Waals surface area contributed by atoms with Gasteiger partial charge in [-0.1, -0.05) is 13.8 Å². The van der Waals surface area contributed by atoms with Crippen molar-refractivity contribution in [3.05, 3.63) is 28.5 Å². The van der Waals surface area contributed by atoms with E-state index in [1.807, 2.05) is 20.8 Å². The monoisotopic (exact) mass is 315 g/mol. The quantitative estimate of drug-likeness (QED) is 0.782. The largest absolute Gasteiger partial charge is 0.310 e. The molecule has 1 amide bonds. The van der Waals surface area contributed by atoms with E-state index in [0.29, 0.717) is 10.9 Å². The minimum absolute atomic E-state index is 0.0883. The van der Waals surface area contributed by atoms with Gasteiger partial charge in [-0.3, -0.25) is 4.79 Å². The van der Waals surface area contributed by atoms with Crippen LogP contribution in [0.5, 0.6) is 0 Å². The van der Waals surface area contributed by atoms with E-state index in [9.17, 15) is 9.18 Å². The van der Waals surface area contributed by atoms with E-state index in [0.717, 1.165) is 18.5 Å². The van der Waals surface area contributed by atoms with Gasteiger partial charge in [-0.2, -0.15) is 0 Å². The standard InChI is InChI=1S/C14H19BrFNO/c1-4-6-14(18)17(10(3)5-2)11-7-8-13(16)12(15)9-11/h7-10H,4-6H2,1-3H3. The fraction of sp³-hybridized carbons (Fsp3) is 0.500. The lowest BCUT2D eigenvalue weighted by Gasteiger charge is -2.29. The van der Waals surface area contributed by atoms with Gasteiger partial charge in [-0.15, -0.1) is 0 Å². The van der Waals surface area contributed by atoms with E-state index in [-0.39, 0.29) is 17.8 Å². The molecule has 1 rings (SSSR count). The van der Waals surface area contributed by atoms with Crippen LogP contribution in [0.3, 0.4) is 0 Å². The second-order valence-corrected chi connectivity index (χ2v) is 5.22. The molecule has 0 bridgehead atoms. The lowest BCUT2D eigenvalue weighted by molar-refractivity contribution is -0.119. The maximum Gasteiger partial charge on any atom is 0.227 e. The zero-order chi connectivity index (χ0) is 13.7. The summed E-state index contributed by atoms with van der Waals surface area (Å²) in [7, 11) is 0. The third-order valence-corrected chi connectivity index (χ3v) is 3.55. The molecule has 0 fully saturated rings. The first-order chi connectivity index (χ1) is 8.51. The molecule has 18 heavy (non-hydrogen) atoms. The average molecular weight is 316 g/mol. The topological polar surface area (TPSA) is 20.3 Å². The van der Waals surface area contributed by atoms with E-state index in [1.54, 1.807) is 17.0 Å². The minimum atomic E-state index is -0.314. The van der Waals surface area contributed by atoms with Gasteiger partial charge in [0.15, 0.2) is 0 Å². The van der Waals surface area contributed by atoms with Crippen molar-refractivity contribution in [2.45, 2.75) is 46.1 Å². The van der Waals surface area contributed by atoms with Gasteiger partial charge in [-0.05, 0) is 53.9 Å². The molecule has 0 aliphatic rings. The molecule has 0 radical (unpaired) electrons. The van der Waals surface area contributed by atoms with E-state index < -0.39 is 0 Å². The Morgan fingerprint density at radius 3 is 2.61 bits per heavy atom. The molecule has 0 aliphatic carbocycles. The molecule has 0 aliphatic heterocycles. The molecule has 1 unspecified atom stereocenters. The van der Waals surface area contributed by atoms with Crippen molar-refractivity contribution < 1.29 is 9.18 Å². The zero-order valence-electron chi connectivity index (χ0n) is 11.0. The van der Waals surface area contributed by atoms with E-state index in [4.69, 9.17) is 0 Å². The summed E-state index contributed by atoms with van der Waals surface area (Å²) in [5.74, 6) is -0.226. The van der Waals surface area contributed by atoms with Gasteiger partial charge in [0.05, 0.1) is 4.47 Å². The Labute approximate surface area is 116 Å². The molecule has 1 aromatic carbocycles. The number of rotatable bonds is 5. The molecular formula is C14H19BrFNO. The molecule has 100 valence electrons. The van der Waals surface area contributed by atoms with Crippen molar-refractivity contribution in [3.63, 3.8) is 0 Å². The van der Waals surface area contributed by atoms with Crippen molar-refractivity contribution in [2.75, 3.05) is 4.90 Å². The molecule has 0 heterocycles. The van der Waals surface area contributed by atoms with Crippen LogP contribution >= 0.6 is 15.9 Å². The summed E-state index contributed by atoms with van der Waals surface area (Å²) < 4.78 is 13.6. The molecule has 1 atom stereocenters. The summed E-state index contributed by atoms with van der Waals surface area (Å²) >= 11 is 3.16. The lowest BCUT2D eigenvalue weighted by atomic mass is 10.1. The van der Waals surface area contributed by atoms with Crippen LogP contribution in [-0.2, 0) is 4.79 Å². The molecule has 0 spiro atoms. The van der Waals surface area contributed by atoms with Gasteiger partial charge in [-0.25, -0.2) is 4.39 Å². The summed E-state index contributed by atoms with van der Waals surface area (Å²) in [5, 5.41) is 0. The molecule has 2 nitrogen and oxygen atoms in total. The Balaban J connectivity index is 3.08. The summed E-state index contributed by atoms with van der Waals surface area (Å²) in [4.78, 5) is 13.9. The number of hydrogen-bond donors (Lipinski definition) is 0. The van der Waals surface area contributed by atoms with E-state index in [2.05, 4.69) is 15.9 Å². The second-order valence-electron chi connectivity index (χ2n) is 4.37. The van der Waals surface area contributed by atoms with Gasteiger partial charge in [0.2, 0.25) is 5.91 Å². The normalized spacial score (nSPS) is 12.3. The highest BCUT2D eigenvalue weighted by Crippen LogP contribution is 2.26. The fourth-order valence-corrected chi connectivity index (χ4v) is 2.16. The predicted octanol–water partition coefficient (Wildman–Crippen LogP) is 4.52. The second kappa shape index (κ2) is 6.88. The summed E-state index contributed by atoms with van der Waals surface area (Å²) in [6.07, 6.45) is 2.19. The maximum atomic E-state index is 13.2. The highest BCUT2D eigenvalue weighted by atomic mass is 79.9. The van der Waals surface area contributed by atoms with E-state index >= 15 is 0 Å². The van der Waals surface area contributed by atoms with Crippen molar-refractivity contribution in [1.82, 2.24) is 0 Å². The van der Waals surface area contributed by atoms with Crippen LogP contribution in [0.2, 0.25) is 0 Å².